The minimum absolute atomic E-state index is 0.0304. The number of Topliss-reactive ketones (excluding diaryl/α,β-unsaturated/α-hetero) is 2. The number of ketones is 2. The van der Waals surface area contributed by atoms with Crippen LogP contribution < -0.4 is 5.73 Å². The van der Waals surface area contributed by atoms with Crippen molar-refractivity contribution in [3.8, 4) is 16.9 Å². The molecule has 0 saturated heterocycles. The Balaban J connectivity index is 1.73. The van der Waals surface area contributed by atoms with Gasteiger partial charge in [-0.25, -0.2) is 0 Å². The number of hydrogen-bond donors (Lipinski definition) is 5. The van der Waals surface area contributed by atoms with Crippen molar-refractivity contribution in [3.05, 3.63) is 70.5 Å². The van der Waals surface area contributed by atoms with E-state index in [1.807, 2.05) is 6.07 Å². The summed E-state index contributed by atoms with van der Waals surface area (Å²) < 4.78 is 0. The molecule has 3 aliphatic rings. The fourth-order valence-corrected chi connectivity index (χ4v) is 6.04. The number of phenols is 1. The van der Waals surface area contributed by atoms with Gasteiger partial charge in [0.15, 0.2) is 11.4 Å². The first-order chi connectivity index (χ1) is 17.0. The summed E-state index contributed by atoms with van der Waals surface area (Å²) in [5.41, 5.74) is 3.62. The number of aliphatic hydroxyl groups is 3. The number of allylic oxidation sites excluding steroid dienone is 1. The number of carbonyl (C=O) groups excluding carboxylic acids is 3. The number of nitrogens with zero attached hydrogens (tertiary/aromatic N) is 2. The molecule has 5 rings (SSSR count). The number of aromatic hydroxyl groups is 1. The highest BCUT2D eigenvalue weighted by molar-refractivity contribution is 6.24. The lowest BCUT2D eigenvalue weighted by molar-refractivity contribution is -0.148. The van der Waals surface area contributed by atoms with Gasteiger partial charge in [-0.05, 0) is 56.1 Å². The number of amides is 1. The zero-order valence-electron chi connectivity index (χ0n) is 19.6. The molecule has 0 bridgehead atoms. The van der Waals surface area contributed by atoms with Crippen LogP contribution in [0.5, 0.6) is 5.75 Å². The van der Waals surface area contributed by atoms with Gasteiger partial charge in [-0.15, -0.1) is 0 Å². The van der Waals surface area contributed by atoms with Crippen LogP contribution in [0.2, 0.25) is 0 Å². The highest BCUT2D eigenvalue weighted by Crippen LogP contribution is 2.53. The first-order valence-corrected chi connectivity index (χ1v) is 11.4. The number of likely N-dealkylation sites (N-methyl/N-ethyl adjacent to an activating group) is 1. The van der Waals surface area contributed by atoms with Crippen LogP contribution >= 0.6 is 0 Å². The second kappa shape index (κ2) is 8.00. The Morgan fingerprint density at radius 1 is 1.17 bits per heavy atom. The van der Waals surface area contributed by atoms with Crippen LogP contribution in [0.3, 0.4) is 0 Å². The lowest BCUT2D eigenvalue weighted by atomic mass is 9.58. The van der Waals surface area contributed by atoms with Gasteiger partial charge in [0.25, 0.3) is 5.91 Å². The van der Waals surface area contributed by atoms with E-state index in [0.717, 1.165) is 5.56 Å². The number of primary amides is 1. The lowest BCUT2D eigenvalue weighted by Gasteiger charge is -2.50. The van der Waals surface area contributed by atoms with Crippen LogP contribution in [0.4, 0.5) is 0 Å². The quantitative estimate of drug-likeness (QED) is 0.395. The molecule has 4 atom stereocenters. The molecule has 0 fully saturated rings. The van der Waals surface area contributed by atoms with E-state index in [2.05, 4.69) is 4.98 Å². The van der Waals surface area contributed by atoms with E-state index in [-0.39, 0.29) is 29.7 Å². The largest absolute Gasteiger partial charge is 0.510 e. The molecule has 0 saturated carbocycles. The Hall–Kier alpha value is -4.02. The minimum atomic E-state index is -2.65. The number of benzene rings is 1. The van der Waals surface area contributed by atoms with Crippen molar-refractivity contribution in [1.82, 2.24) is 9.88 Å². The van der Waals surface area contributed by atoms with Gasteiger partial charge >= 0.3 is 0 Å². The van der Waals surface area contributed by atoms with E-state index in [9.17, 15) is 34.8 Å². The van der Waals surface area contributed by atoms with Crippen molar-refractivity contribution < 1.29 is 34.8 Å². The van der Waals surface area contributed by atoms with Crippen LogP contribution in [0.15, 0.2) is 59.3 Å². The smallest absolute Gasteiger partial charge is 0.255 e. The van der Waals surface area contributed by atoms with Gasteiger partial charge in [0.2, 0.25) is 5.78 Å². The summed E-state index contributed by atoms with van der Waals surface area (Å²) in [5, 5.41) is 44.4. The fourth-order valence-electron chi connectivity index (χ4n) is 6.04. The predicted octanol–water partition coefficient (Wildman–Crippen LogP) is 1.18. The first kappa shape index (κ1) is 23.7. The number of hydrogen-bond acceptors (Lipinski definition) is 9. The van der Waals surface area contributed by atoms with Gasteiger partial charge in [0.05, 0.1) is 11.6 Å². The van der Waals surface area contributed by atoms with Crippen LogP contribution in [0.25, 0.3) is 11.1 Å². The van der Waals surface area contributed by atoms with Gasteiger partial charge in [0, 0.05) is 29.4 Å². The van der Waals surface area contributed by atoms with Crippen molar-refractivity contribution in [2.24, 2.45) is 17.6 Å². The topological polar surface area (TPSA) is 174 Å². The molecular weight excluding hydrogens is 466 g/mol. The Bertz CT molecular complexity index is 1400. The molecule has 2 aromatic rings. The molecule has 1 aromatic heterocycles. The van der Waals surface area contributed by atoms with Crippen LogP contribution in [-0.4, -0.2) is 73.5 Å². The number of pyridine rings is 1. The Labute approximate surface area is 206 Å². The van der Waals surface area contributed by atoms with Crippen LogP contribution in [0, 0.1) is 11.8 Å². The zero-order chi connectivity index (χ0) is 26.1. The monoisotopic (exact) mass is 491 g/mol. The van der Waals surface area contributed by atoms with Crippen molar-refractivity contribution in [2.45, 2.75) is 24.5 Å². The zero-order valence-corrected chi connectivity index (χ0v) is 19.6. The Kier molecular flexibility index (Phi) is 5.27. The molecule has 1 heterocycles. The van der Waals surface area contributed by atoms with Crippen molar-refractivity contribution in [3.63, 3.8) is 0 Å². The second-order valence-electron chi connectivity index (χ2n) is 9.69. The summed E-state index contributed by atoms with van der Waals surface area (Å²) in [4.78, 5) is 44.7. The maximum atomic E-state index is 13.7. The van der Waals surface area contributed by atoms with E-state index in [4.69, 9.17) is 5.73 Å². The normalized spacial score (nSPS) is 27.6. The predicted molar refractivity (Wildman–Crippen MR) is 127 cm³/mol. The third-order valence-electron chi connectivity index (χ3n) is 7.58. The summed E-state index contributed by atoms with van der Waals surface area (Å²) in [7, 11) is 3.18. The summed E-state index contributed by atoms with van der Waals surface area (Å²) in [5.74, 6) is -6.71. The highest BCUT2D eigenvalue weighted by atomic mass is 16.3. The van der Waals surface area contributed by atoms with Gasteiger partial charge in [0.1, 0.15) is 22.8 Å². The third kappa shape index (κ3) is 3.04. The van der Waals surface area contributed by atoms with Crippen LogP contribution in [0.1, 0.15) is 22.3 Å². The second-order valence-corrected chi connectivity index (χ2v) is 9.69. The van der Waals surface area contributed by atoms with Gasteiger partial charge in [-0.2, -0.15) is 0 Å². The average Bonchev–Trinajstić information content (AvgIpc) is 2.81. The fraction of sp³-hybridized carbons (Fsp3) is 0.308. The van der Waals surface area contributed by atoms with Gasteiger partial charge in [-0.3, -0.25) is 24.3 Å². The Morgan fingerprint density at radius 3 is 2.50 bits per heavy atom. The van der Waals surface area contributed by atoms with Crippen molar-refractivity contribution in [1.29, 1.82) is 0 Å². The molecule has 36 heavy (non-hydrogen) atoms. The maximum absolute atomic E-state index is 13.7. The molecule has 1 aromatic carbocycles. The molecule has 10 heteroatoms. The van der Waals surface area contributed by atoms with E-state index >= 15 is 0 Å². The number of rotatable bonds is 3. The number of aliphatic hydroxyl groups excluding tert-OH is 2. The molecule has 0 unspecified atom stereocenters. The number of fused-ring (bicyclic) bond motifs is 3. The molecule has 6 N–H and O–H groups in total. The van der Waals surface area contributed by atoms with Crippen molar-refractivity contribution in [2.75, 3.05) is 14.1 Å². The molecule has 0 spiro atoms. The summed E-state index contributed by atoms with van der Waals surface area (Å²) in [6.45, 7) is 0. The molecule has 10 nitrogen and oxygen atoms in total. The number of phenolic OH excluding ortho intramolecular Hbond substituents is 1. The van der Waals surface area contributed by atoms with E-state index in [0.29, 0.717) is 11.1 Å². The highest BCUT2D eigenvalue weighted by Gasteiger charge is 2.63. The summed E-state index contributed by atoms with van der Waals surface area (Å²) in [6.07, 6.45) is 3.50. The van der Waals surface area contributed by atoms with E-state index in [1.54, 1.807) is 38.6 Å². The molecule has 1 amide bonds. The summed E-state index contributed by atoms with van der Waals surface area (Å²) in [6, 6.07) is 5.60. The Morgan fingerprint density at radius 2 is 1.89 bits per heavy atom. The molecule has 186 valence electrons. The molecular formula is C26H25N3O7. The molecule has 0 radical (unpaired) electrons. The minimum Gasteiger partial charge on any atom is -0.510 e. The van der Waals surface area contributed by atoms with Gasteiger partial charge < -0.3 is 26.2 Å². The average molecular weight is 492 g/mol. The third-order valence-corrected chi connectivity index (χ3v) is 7.58. The number of aromatic nitrogens is 1. The number of carbonyl (C=O) groups is 3. The lowest BCUT2D eigenvalue weighted by Crippen LogP contribution is -2.63. The first-order valence-electron chi connectivity index (χ1n) is 11.4. The maximum Gasteiger partial charge on any atom is 0.255 e. The number of nitrogens with two attached hydrogens (primary N) is 1. The van der Waals surface area contributed by atoms with Crippen LogP contribution in [-0.2, 0) is 16.0 Å². The molecule has 3 aliphatic carbocycles. The standard InChI is InChI=1S/C26H25N3O7/c1-29(2)20-15-9-12-8-14-13(11-4-3-7-28-10-11)5-6-16(30)18(14)21(31)17(12)23(33)26(15,36)24(34)19(22(20)32)25(27)35/h3-7,10,12,15,20,30,32-33,36H,8-9H2,1-2H3,(H2,27,35)/t12-,15-,20-,26-/m1/s1. The molecule has 0 aliphatic heterocycles. The van der Waals surface area contributed by atoms with Gasteiger partial charge in [-0.1, -0.05) is 12.1 Å². The SMILES string of the molecule is CN(C)[C@H]1C(O)=C(C(N)=O)C(=O)[C@]2(O)C(O)=C3C(=O)c4c(O)ccc(-c5cccnc5)c4C[C@@H]3C[C@H]12. The van der Waals surface area contributed by atoms with E-state index in [1.165, 1.54) is 11.0 Å². The van der Waals surface area contributed by atoms with E-state index < -0.39 is 58.0 Å². The van der Waals surface area contributed by atoms with Crippen molar-refractivity contribution >= 4 is 17.5 Å². The summed E-state index contributed by atoms with van der Waals surface area (Å²) >= 11 is 0.